The van der Waals surface area contributed by atoms with Crippen LogP contribution in [0.5, 0.6) is 0 Å². The maximum absolute atomic E-state index is 6.01. The van der Waals surface area contributed by atoms with Crippen molar-refractivity contribution in [1.82, 2.24) is 4.90 Å². The smallest absolute Gasteiger partial charge is 0.0248 e. The molecule has 2 unspecified atom stereocenters. The standard InChI is InChI=1S/C12H17BrN2/c1-9-12(14)6-7-15(9)8-10-4-2-3-5-11(10)13/h2-5,9,12H,6-8,14H2,1H3. The molecule has 1 aromatic rings. The zero-order valence-electron chi connectivity index (χ0n) is 8.99. The topological polar surface area (TPSA) is 29.3 Å². The number of nitrogens with zero attached hydrogens (tertiary/aromatic N) is 1. The molecule has 0 aliphatic carbocycles. The SMILES string of the molecule is CC1C(N)CCN1Cc1ccccc1Br. The maximum atomic E-state index is 6.01. The number of benzene rings is 1. The van der Waals surface area contributed by atoms with E-state index in [1.54, 1.807) is 0 Å². The Kier molecular flexibility index (Phi) is 3.44. The lowest BCUT2D eigenvalue weighted by Crippen LogP contribution is -2.36. The highest BCUT2D eigenvalue weighted by atomic mass is 79.9. The molecule has 0 radical (unpaired) electrons. The van der Waals surface area contributed by atoms with Crippen molar-refractivity contribution in [3.05, 3.63) is 34.3 Å². The molecule has 3 heteroatoms. The molecule has 2 nitrogen and oxygen atoms in total. The summed E-state index contributed by atoms with van der Waals surface area (Å²) in [6.07, 6.45) is 1.12. The number of hydrogen-bond donors (Lipinski definition) is 1. The molecule has 1 heterocycles. The predicted molar refractivity (Wildman–Crippen MR) is 66.6 cm³/mol. The lowest BCUT2D eigenvalue weighted by molar-refractivity contribution is 0.251. The summed E-state index contributed by atoms with van der Waals surface area (Å²) in [7, 11) is 0. The summed E-state index contributed by atoms with van der Waals surface area (Å²) in [4.78, 5) is 2.45. The van der Waals surface area contributed by atoms with Gasteiger partial charge in [-0.25, -0.2) is 0 Å². The first-order valence-electron chi connectivity index (χ1n) is 5.41. The summed E-state index contributed by atoms with van der Waals surface area (Å²) >= 11 is 3.58. The van der Waals surface area contributed by atoms with Crippen molar-refractivity contribution in [3.63, 3.8) is 0 Å². The van der Waals surface area contributed by atoms with Crippen LogP contribution in [0.4, 0.5) is 0 Å². The van der Waals surface area contributed by atoms with E-state index in [1.165, 1.54) is 10.0 Å². The molecule has 82 valence electrons. The molecule has 1 aliphatic rings. The second-order valence-electron chi connectivity index (χ2n) is 4.26. The van der Waals surface area contributed by atoms with Gasteiger partial charge < -0.3 is 5.73 Å². The highest BCUT2D eigenvalue weighted by Crippen LogP contribution is 2.23. The Hall–Kier alpha value is -0.380. The molecule has 1 fully saturated rings. The van der Waals surface area contributed by atoms with Crippen LogP contribution in [0, 0.1) is 0 Å². The molecule has 0 saturated carbocycles. The number of halogens is 1. The van der Waals surface area contributed by atoms with Gasteiger partial charge in [0.1, 0.15) is 0 Å². The van der Waals surface area contributed by atoms with E-state index in [9.17, 15) is 0 Å². The predicted octanol–water partition coefficient (Wildman–Crippen LogP) is 2.37. The summed E-state index contributed by atoms with van der Waals surface area (Å²) in [5.41, 5.74) is 7.35. The van der Waals surface area contributed by atoms with Crippen LogP contribution in [0.1, 0.15) is 18.9 Å². The Balaban J connectivity index is 2.07. The van der Waals surface area contributed by atoms with Crippen LogP contribution in [0.2, 0.25) is 0 Å². The van der Waals surface area contributed by atoms with E-state index in [2.05, 4.69) is 46.0 Å². The van der Waals surface area contributed by atoms with Crippen LogP contribution in [-0.4, -0.2) is 23.5 Å². The fraction of sp³-hybridized carbons (Fsp3) is 0.500. The van der Waals surface area contributed by atoms with E-state index in [4.69, 9.17) is 5.73 Å². The van der Waals surface area contributed by atoms with E-state index in [0.29, 0.717) is 12.1 Å². The number of nitrogens with two attached hydrogens (primary N) is 1. The molecule has 1 saturated heterocycles. The van der Waals surface area contributed by atoms with Gasteiger partial charge in [-0.3, -0.25) is 4.90 Å². The van der Waals surface area contributed by atoms with Crippen molar-refractivity contribution in [1.29, 1.82) is 0 Å². The van der Waals surface area contributed by atoms with Gasteiger partial charge in [0.2, 0.25) is 0 Å². The zero-order valence-corrected chi connectivity index (χ0v) is 10.6. The number of hydrogen-bond acceptors (Lipinski definition) is 2. The molecule has 0 spiro atoms. The third-order valence-electron chi connectivity index (χ3n) is 3.28. The molecular weight excluding hydrogens is 252 g/mol. The summed E-state index contributed by atoms with van der Waals surface area (Å²) in [5.74, 6) is 0. The highest BCUT2D eigenvalue weighted by molar-refractivity contribution is 9.10. The van der Waals surface area contributed by atoms with Crippen LogP contribution in [0.25, 0.3) is 0 Å². The van der Waals surface area contributed by atoms with E-state index < -0.39 is 0 Å². The molecule has 0 aromatic heterocycles. The van der Waals surface area contributed by atoms with E-state index in [1.807, 2.05) is 6.07 Å². The molecule has 2 atom stereocenters. The quantitative estimate of drug-likeness (QED) is 0.893. The van der Waals surface area contributed by atoms with Crippen molar-refractivity contribution in [3.8, 4) is 0 Å². The Bertz CT molecular complexity index is 340. The molecular formula is C12H17BrN2. The molecule has 0 amide bonds. The van der Waals surface area contributed by atoms with Crippen LogP contribution in [0.3, 0.4) is 0 Å². The van der Waals surface area contributed by atoms with Gasteiger partial charge in [0.15, 0.2) is 0 Å². The van der Waals surface area contributed by atoms with Crippen LogP contribution in [-0.2, 0) is 6.54 Å². The van der Waals surface area contributed by atoms with Gasteiger partial charge in [-0.15, -0.1) is 0 Å². The first-order chi connectivity index (χ1) is 7.18. The van der Waals surface area contributed by atoms with Crippen molar-refractivity contribution < 1.29 is 0 Å². The zero-order chi connectivity index (χ0) is 10.8. The molecule has 1 aliphatic heterocycles. The average molecular weight is 269 g/mol. The van der Waals surface area contributed by atoms with E-state index in [0.717, 1.165) is 19.5 Å². The first-order valence-corrected chi connectivity index (χ1v) is 6.21. The Labute approximate surface area is 99.6 Å². The van der Waals surface area contributed by atoms with Crippen LogP contribution >= 0.6 is 15.9 Å². The van der Waals surface area contributed by atoms with Crippen molar-refractivity contribution in [2.45, 2.75) is 32.0 Å². The minimum Gasteiger partial charge on any atom is -0.326 e. The maximum Gasteiger partial charge on any atom is 0.0248 e. The number of likely N-dealkylation sites (tertiary alicyclic amines) is 1. The molecule has 0 bridgehead atoms. The summed E-state index contributed by atoms with van der Waals surface area (Å²) in [5, 5.41) is 0. The van der Waals surface area contributed by atoms with Crippen molar-refractivity contribution >= 4 is 15.9 Å². The number of rotatable bonds is 2. The first kappa shape index (κ1) is 11.1. The summed E-state index contributed by atoms with van der Waals surface area (Å²) in [6.45, 7) is 4.33. The fourth-order valence-electron chi connectivity index (χ4n) is 2.10. The van der Waals surface area contributed by atoms with Gasteiger partial charge in [-0.05, 0) is 25.0 Å². The highest BCUT2D eigenvalue weighted by Gasteiger charge is 2.27. The Morgan fingerprint density at radius 3 is 2.80 bits per heavy atom. The monoisotopic (exact) mass is 268 g/mol. The van der Waals surface area contributed by atoms with Gasteiger partial charge in [-0.1, -0.05) is 34.1 Å². The average Bonchev–Trinajstić information content (AvgIpc) is 2.53. The van der Waals surface area contributed by atoms with E-state index >= 15 is 0 Å². The second kappa shape index (κ2) is 4.64. The second-order valence-corrected chi connectivity index (χ2v) is 5.11. The fourth-order valence-corrected chi connectivity index (χ4v) is 2.51. The minimum absolute atomic E-state index is 0.340. The minimum atomic E-state index is 0.340. The van der Waals surface area contributed by atoms with Crippen LogP contribution in [0.15, 0.2) is 28.7 Å². The van der Waals surface area contributed by atoms with Gasteiger partial charge >= 0.3 is 0 Å². The van der Waals surface area contributed by atoms with Crippen molar-refractivity contribution in [2.24, 2.45) is 5.73 Å². The van der Waals surface area contributed by atoms with Crippen LogP contribution < -0.4 is 5.73 Å². The Morgan fingerprint density at radius 2 is 2.20 bits per heavy atom. The van der Waals surface area contributed by atoms with Gasteiger partial charge in [-0.2, -0.15) is 0 Å². The lowest BCUT2D eigenvalue weighted by atomic mass is 10.1. The summed E-state index contributed by atoms with van der Waals surface area (Å²) < 4.78 is 1.19. The third-order valence-corrected chi connectivity index (χ3v) is 4.05. The molecule has 2 rings (SSSR count). The van der Waals surface area contributed by atoms with Gasteiger partial charge in [0.25, 0.3) is 0 Å². The lowest BCUT2D eigenvalue weighted by Gasteiger charge is -2.23. The van der Waals surface area contributed by atoms with Crippen molar-refractivity contribution in [2.75, 3.05) is 6.54 Å². The molecule has 2 N–H and O–H groups in total. The summed E-state index contributed by atoms with van der Waals surface area (Å²) in [6, 6.07) is 9.23. The third kappa shape index (κ3) is 2.41. The molecule has 15 heavy (non-hydrogen) atoms. The van der Waals surface area contributed by atoms with Gasteiger partial charge in [0.05, 0.1) is 0 Å². The molecule has 1 aromatic carbocycles. The largest absolute Gasteiger partial charge is 0.326 e. The van der Waals surface area contributed by atoms with Gasteiger partial charge in [0, 0.05) is 29.6 Å². The Morgan fingerprint density at radius 1 is 1.47 bits per heavy atom. The van der Waals surface area contributed by atoms with E-state index in [-0.39, 0.29) is 0 Å². The normalized spacial score (nSPS) is 27.1.